The highest BCUT2D eigenvalue weighted by Gasteiger charge is 2.33. The van der Waals surface area contributed by atoms with Gasteiger partial charge < -0.3 is 10.5 Å². The first kappa shape index (κ1) is 22.1. The molecule has 0 spiro atoms. The van der Waals surface area contributed by atoms with E-state index in [4.69, 9.17) is 10.5 Å². The van der Waals surface area contributed by atoms with Gasteiger partial charge in [-0.25, -0.2) is 22.1 Å². The molecule has 0 radical (unpaired) electrons. The average molecular weight is 451 g/mol. The van der Waals surface area contributed by atoms with Gasteiger partial charge in [-0.05, 0) is 48.4 Å². The third kappa shape index (κ3) is 4.77. The molecule has 0 amide bonds. The topological polar surface area (TPSA) is 98.4 Å². The Balaban J connectivity index is 1.95. The fourth-order valence-electron chi connectivity index (χ4n) is 2.94. The first-order valence-electron chi connectivity index (χ1n) is 9.34. The predicted molar refractivity (Wildman–Crippen MR) is 115 cm³/mol. The Hall–Kier alpha value is -2.56. The Morgan fingerprint density at radius 2 is 1.83 bits per heavy atom. The van der Waals surface area contributed by atoms with E-state index < -0.39 is 16.1 Å². The van der Waals surface area contributed by atoms with Crippen LogP contribution < -0.4 is 14.8 Å². The van der Waals surface area contributed by atoms with Crippen LogP contribution in [-0.2, 0) is 16.4 Å². The van der Waals surface area contributed by atoms with Gasteiger partial charge in [0.25, 0.3) is 10.0 Å². The monoisotopic (exact) mass is 450 g/mol. The van der Waals surface area contributed by atoms with Crippen molar-refractivity contribution < 1.29 is 17.5 Å². The summed E-state index contributed by atoms with van der Waals surface area (Å²) in [5, 5.41) is 0.250. The lowest BCUT2D eigenvalue weighted by Crippen LogP contribution is -2.44. The van der Waals surface area contributed by atoms with Gasteiger partial charge in [-0.1, -0.05) is 19.1 Å². The molecule has 1 heterocycles. The number of halogens is 1. The SMILES string of the molecule is CCC(CN)N(c1nc(Cc2ccc(F)cc2)ns1)S(=O)(=O)c1ccc(OC)cc1. The molecule has 1 atom stereocenters. The molecule has 2 aromatic carbocycles. The van der Waals surface area contributed by atoms with Crippen LogP contribution in [0.1, 0.15) is 24.7 Å². The number of aromatic nitrogens is 2. The second-order valence-corrected chi connectivity index (χ2v) is 9.12. The van der Waals surface area contributed by atoms with Gasteiger partial charge in [0.05, 0.1) is 18.0 Å². The number of hydrogen-bond acceptors (Lipinski definition) is 7. The van der Waals surface area contributed by atoms with Crippen molar-refractivity contribution in [1.29, 1.82) is 0 Å². The molecule has 10 heteroatoms. The minimum Gasteiger partial charge on any atom is -0.497 e. The van der Waals surface area contributed by atoms with Crippen LogP contribution in [0.4, 0.5) is 9.52 Å². The summed E-state index contributed by atoms with van der Waals surface area (Å²) in [7, 11) is -2.40. The van der Waals surface area contributed by atoms with Crippen molar-refractivity contribution in [3.8, 4) is 5.75 Å². The number of sulfonamides is 1. The van der Waals surface area contributed by atoms with Crippen LogP contribution in [-0.4, -0.2) is 37.5 Å². The zero-order valence-corrected chi connectivity index (χ0v) is 18.3. The van der Waals surface area contributed by atoms with Crippen LogP contribution in [0.5, 0.6) is 5.75 Å². The molecule has 0 saturated heterocycles. The molecule has 0 saturated carbocycles. The second kappa shape index (κ2) is 9.50. The minimum atomic E-state index is -3.91. The van der Waals surface area contributed by atoms with E-state index in [1.54, 1.807) is 24.3 Å². The third-order valence-electron chi connectivity index (χ3n) is 4.61. The zero-order chi connectivity index (χ0) is 21.7. The molecule has 0 fully saturated rings. The fraction of sp³-hybridized carbons (Fsp3) is 0.300. The van der Waals surface area contributed by atoms with Crippen LogP contribution in [0.2, 0.25) is 0 Å². The standard InChI is InChI=1S/C20H23FN4O3S2/c1-3-16(13-22)25(30(26,27)18-10-8-17(28-2)9-11-18)20-23-19(24-29-20)12-14-4-6-15(21)7-5-14/h4-11,16H,3,12-13,22H2,1-2H3. The molecule has 3 aromatic rings. The van der Waals surface area contributed by atoms with E-state index in [9.17, 15) is 12.8 Å². The van der Waals surface area contributed by atoms with Crippen LogP contribution in [0.3, 0.4) is 0 Å². The van der Waals surface area contributed by atoms with Crippen LogP contribution in [0.25, 0.3) is 0 Å². The van der Waals surface area contributed by atoms with Crippen molar-refractivity contribution in [2.45, 2.75) is 30.7 Å². The van der Waals surface area contributed by atoms with Gasteiger partial charge in [0.15, 0.2) is 0 Å². The van der Waals surface area contributed by atoms with E-state index in [2.05, 4.69) is 9.36 Å². The number of benzene rings is 2. The third-order valence-corrected chi connectivity index (χ3v) is 7.34. The van der Waals surface area contributed by atoms with Crippen LogP contribution in [0.15, 0.2) is 53.4 Å². The molecule has 1 aromatic heterocycles. The lowest BCUT2D eigenvalue weighted by atomic mass is 10.1. The van der Waals surface area contributed by atoms with Crippen molar-refractivity contribution >= 4 is 26.7 Å². The number of nitrogens with zero attached hydrogens (tertiary/aromatic N) is 3. The van der Waals surface area contributed by atoms with E-state index >= 15 is 0 Å². The number of ether oxygens (including phenoxy) is 1. The van der Waals surface area contributed by atoms with Gasteiger partial charge in [-0.2, -0.15) is 4.37 Å². The largest absolute Gasteiger partial charge is 0.497 e. The molecule has 2 N–H and O–H groups in total. The molecular weight excluding hydrogens is 427 g/mol. The van der Waals surface area contributed by atoms with Crippen molar-refractivity contribution in [1.82, 2.24) is 9.36 Å². The van der Waals surface area contributed by atoms with Gasteiger partial charge in [0, 0.05) is 24.5 Å². The molecule has 0 aliphatic carbocycles. The Morgan fingerprint density at radius 3 is 2.40 bits per heavy atom. The highest BCUT2D eigenvalue weighted by Crippen LogP contribution is 2.30. The summed E-state index contributed by atoms with van der Waals surface area (Å²) < 4.78 is 50.6. The van der Waals surface area contributed by atoms with Crippen LogP contribution >= 0.6 is 11.5 Å². The smallest absolute Gasteiger partial charge is 0.266 e. The molecule has 1 unspecified atom stereocenters. The highest BCUT2D eigenvalue weighted by atomic mass is 32.2. The number of anilines is 1. The Morgan fingerprint density at radius 1 is 1.17 bits per heavy atom. The van der Waals surface area contributed by atoms with Crippen LogP contribution in [0, 0.1) is 5.82 Å². The number of methoxy groups -OCH3 is 1. The van der Waals surface area contributed by atoms with E-state index in [0.29, 0.717) is 24.4 Å². The maximum absolute atomic E-state index is 13.4. The molecule has 7 nitrogen and oxygen atoms in total. The van der Waals surface area contributed by atoms with E-state index in [1.165, 1.54) is 35.7 Å². The number of nitrogens with two attached hydrogens (primary N) is 1. The molecule has 3 rings (SSSR count). The first-order valence-corrected chi connectivity index (χ1v) is 11.6. The number of hydrogen-bond donors (Lipinski definition) is 1. The summed E-state index contributed by atoms with van der Waals surface area (Å²) in [6.45, 7) is 2.01. The zero-order valence-electron chi connectivity index (χ0n) is 16.7. The summed E-state index contributed by atoms with van der Waals surface area (Å²) in [5.74, 6) is 0.698. The Bertz CT molecular complexity index is 1070. The first-order chi connectivity index (χ1) is 14.4. The summed E-state index contributed by atoms with van der Waals surface area (Å²) in [6.07, 6.45) is 0.880. The molecule has 0 aliphatic rings. The highest BCUT2D eigenvalue weighted by molar-refractivity contribution is 7.93. The summed E-state index contributed by atoms with van der Waals surface area (Å²) in [5.41, 5.74) is 6.71. The second-order valence-electron chi connectivity index (χ2n) is 6.57. The van der Waals surface area contributed by atoms with Gasteiger partial charge in [-0.3, -0.25) is 0 Å². The number of rotatable bonds is 9. The Kier molecular flexibility index (Phi) is 7.01. The van der Waals surface area contributed by atoms with Crippen molar-refractivity contribution in [2.24, 2.45) is 5.73 Å². The van der Waals surface area contributed by atoms with E-state index in [0.717, 1.165) is 17.1 Å². The summed E-state index contributed by atoms with van der Waals surface area (Å²) in [4.78, 5) is 4.57. The average Bonchev–Trinajstić information content (AvgIpc) is 3.21. The van der Waals surface area contributed by atoms with Gasteiger partial charge >= 0.3 is 0 Å². The quantitative estimate of drug-likeness (QED) is 0.538. The van der Waals surface area contributed by atoms with E-state index in [1.807, 2.05) is 6.92 Å². The Labute approximate surface area is 179 Å². The van der Waals surface area contributed by atoms with E-state index in [-0.39, 0.29) is 22.4 Å². The fourth-order valence-corrected chi connectivity index (χ4v) is 5.58. The van der Waals surface area contributed by atoms with Crippen molar-refractivity contribution in [2.75, 3.05) is 18.0 Å². The van der Waals surface area contributed by atoms with Gasteiger partial charge in [-0.15, -0.1) is 0 Å². The van der Waals surface area contributed by atoms with Gasteiger partial charge in [0.2, 0.25) is 5.13 Å². The molecule has 160 valence electrons. The predicted octanol–water partition coefficient (Wildman–Crippen LogP) is 3.21. The molecule has 30 heavy (non-hydrogen) atoms. The normalized spacial score (nSPS) is 12.5. The van der Waals surface area contributed by atoms with Crippen molar-refractivity contribution in [3.63, 3.8) is 0 Å². The maximum Gasteiger partial charge on any atom is 0.266 e. The molecular formula is C20H23FN4O3S2. The lowest BCUT2D eigenvalue weighted by molar-refractivity contribution is 0.414. The minimum absolute atomic E-state index is 0.116. The maximum atomic E-state index is 13.4. The summed E-state index contributed by atoms with van der Waals surface area (Å²) in [6, 6.07) is 11.7. The lowest BCUT2D eigenvalue weighted by Gasteiger charge is -2.28. The molecule has 0 aliphatic heterocycles. The van der Waals surface area contributed by atoms with Gasteiger partial charge in [0.1, 0.15) is 17.4 Å². The summed E-state index contributed by atoms with van der Waals surface area (Å²) >= 11 is 1.000. The van der Waals surface area contributed by atoms with Crippen molar-refractivity contribution in [3.05, 3.63) is 65.7 Å². The molecule has 0 bridgehead atoms.